The van der Waals surface area contributed by atoms with Crippen molar-refractivity contribution in [1.29, 1.82) is 0 Å². The number of aromatic carboxylic acids is 1. The third kappa shape index (κ3) is 10.9. The van der Waals surface area contributed by atoms with Gasteiger partial charge in [-0.2, -0.15) is 0 Å². The maximum atomic E-state index is 13.9. The number of nitrogens with one attached hydrogen (secondary N) is 2. The summed E-state index contributed by atoms with van der Waals surface area (Å²) < 4.78 is 83.3. The molecule has 0 aliphatic carbocycles. The number of ether oxygens (including phenoxy) is 4. The highest BCUT2D eigenvalue weighted by Gasteiger charge is 2.34. The molecule has 0 radical (unpaired) electrons. The van der Waals surface area contributed by atoms with Crippen LogP contribution in [0.5, 0.6) is 23.0 Å². The minimum absolute atomic E-state index is 0.00762. The van der Waals surface area contributed by atoms with Crippen LogP contribution in [-0.2, 0) is 42.7 Å². The number of amides is 3. The number of primary amides is 1. The summed E-state index contributed by atoms with van der Waals surface area (Å²) in [6.07, 6.45) is 3.56. The van der Waals surface area contributed by atoms with Crippen LogP contribution < -0.4 is 34.1 Å². The quantitative estimate of drug-likeness (QED) is 0.0705. The number of aromatic nitrogens is 2. The normalized spacial score (nSPS) is 13.5. The number of sulfonamides is 2. The summed E-state index contributed by atoms with van der Waals surface area (Å²) in [4.78, 5) is 51.1. The van der Waals surface area contributed by atoms with Crippen molar-refractivity contribution in [3.8, 4) is 23.0 Å². The topological polar surface area (TPSA) is 254 Å². The van der Waals surface area contributed by atoms with E-state index in [2.05, 4.69) is 9.44 Å². The largest absolute Gasteiger partial charge is 0.478 e. The first-order chi connectivity index (χ1) is 37.2. The average Bonchev–Trinajstić information content (AvgIpc) is 4.27. The van der Waals surface area contributed by atoms with E-state index in [9.17, 15) is 41.1 Å². The third-order valence-corrected chi connectivity index (χ3v) is 16.6. The zero-order valence-corrected chi connectivity index (χ0v) is 45.1. The van der Waals surface area contributed by atoms with Crippen molar-refractivity contribution < 1.29 is 60.1 Å². The van der Waals surface area contributed by atoms with Gasteiger partial charge in [0.25, 0.3) is 20.0 Å². The van der Waals surface area contributed by atoms with E-state index in [0.717, 1.165) is 11.1 Å². The minimum atomic E-state index is -4.18. The van der Waals surface area contributed by atoms with Crippen molar-refractivity contribution in [1.82, 2.24) is 18.6 Å². The Labute approximate surface area is 450 Å². The van der Waals surface area contributed by atoms with Gasteiger partial charge in [-0.25, -0.2) is 31.1 Å². The Kier molecular flexibility index (Phi) is 15.1. The lowest BCUT2D eigenvalue weighted by Gasteiger charge is -2.18. The molecule has 8 aromatic rings. The third-order valence-electron chi connectivity index (χ3n) is 13.8. The Bertz CT molecular complexity index is 3630. The molecule has 0 bridgehead atoms. The van der Waals surface area contributed by atoms with E-state index in [4.69, 9.17) is 24.7 Å². The summed E-state index contributed by atoms with van der Waals surface area (Å²) >= 11 is 0. The number of carboxylic acid groups (broad SMARTS) is 1. The molecule has 2 aromatic heterocycles. The molecule has 5 N–H and O–H groups in total. The lowest BCUT2D eigenvalue weighted by atomic mass is 9.90. The number of benzene rings is 6. The van der Waals surface area contributed by atoms with E-state index in [-0.39, 0.29) is 40.8 Å². The monoisotopic (exact) mass is 1100 g/mol. The summed E-state index contributed by atoms with van der Waals surface area (Å²) in [6.45, 7) is 13.0. The van der Waals surface area contributed by atoms with Gasteiger partial charge in [0.2, 0.25) is 31.3 Å². The molecule has 4 heterocycles. The highest BCUT2D eigenvalue weighted by molar-refractivity contribution is 7.90. The molecule has 2 aliphatic heterocycles. The van der Waals surface area contributed by atoms with E-state index in [0.29, 0.717) is 85.7 Å². The van der Waals surface area contributed by atoms with Gasteiger partial charge in [0, 0.05) is 52.9 Å². The average molecular weight is 1100 g/mol. The van der Waals surface area contributed by atoms with Crippen LogP contribution in [-0.4, -0.2) is 68.4 Å². The summed E-state index contributed by atoms with van der Waals surface area (Å²) in [6, 6.07) is 32.7. The number of hydrogen-bond donors (Lipinski definition) is 4. The molecule has 2 unspecified atom stereocenters. The smallest absolute Gasteiger partial charge is 0.335 e. The molecule has 0 spiro atoms. The van der Waals surface area contributed by atoms with E-state index >= 15 is 0 Å². The molecule has 0 saturated heterocycles. The Morgan fingerprint density at radius 1 is 0.526 bits per heavy atom. The molecule has 0 fully saturated rings. The number of nitrogens with two attached hydrogens (primary N) is 1. The molecule has 6 aromatic carbocycles. The lowest BCUT2D eigenvalue weighted by Crippen LogP contribution is -2.35. The van der Waals surface area contributed by atoms with Gasteiger partial charge in [0.15, 0.2) is 23.0 Å². The zero-order valence-electron chi connectivity index (χ0n) is 43.5. The molecule has 18 nitrogen and oxygen atoms in total. The molecule has 3 amide bonds. The maximum absolute atomic E-state index is 13.9. The van der Waals surface area contributed by atoms with Crippen molar-refractivity contribution >= 4 is 65.5 Å². The van der Waals surface area contributed by atoms with Gasteiger partial charge in [-0.05, 0) is 132 Å². The van der Waals surface area contributed by atoms with Gasteiger partial charge in [-0.3, -0.25) is 14.4 Å². The van der Waals surface area contributed by atoms with Crippen molar-refractivity contribution in [3.63, 3.8) is 0 Å². The Balaban J connectivity index is 0.000000190. The van der Waals surface area contributed by atoms with E-state index < -0.39 is 55.6 Å². The molecule has 10 rings (SSSR count). The number of carbonyl (C=O) groups is 4. The van der Waals surface area contributed by atoms with Crippen LogP contribution in [0.15, 0.2) is 144 Å². The molecule has 404 valence electrons. The predicted octanol–water partition coefficient (Wildman–Crippen LogP) is 9.10. The molecule has 78 heavy (non-hydrogen) atoms. The van der Waals surface area contributed by atoms with Gasteiger partial charge < -0.3 is 38.9 Å². The van der Waals surface area contributed by atoms with Crippen molar-refractivity contribution in [2.75, 3.05) is 13.6 Å². The second-order valence-corrected chi connectivity index (χ2v) is 22.7. The van der Waals surface area contributed by atoms with E-state index in [1.807, 2.05) is 50.7 Å². The van der Waals surface area contributed by atoms with Crippen LogP contribution in [0.25, 0.3) is 21.8 Å². The van der Waals surface area contributed by atoms with Crippen molar-refractivity contribution in [3.05, 3.63) is 178 Å². The molecular weight excluding hydrogens is 1040 g/mol. The Morgan fingerprint density at radius 3 is 1.27 bits per heavy atom. The number of rotatable bonds is 16. The lowest BCUT2D eigenvalue weighted by molar-refractivity contribution is -0.120. The van der Waals surface area contributed by atoms with Crippen LogP contribution in [0.2, 0.25) is 0 Å². The second-order valence-electron chi connectivity index (χ2n) is 19.4. The fourth-order valence-electron chi connectivity index (χ4n) is 9.60. The fourth-order valence-corrected chi connectivity index (χ4v) is 11.6. The van der Waals surface area contributed by atoms with Crippen LogP contribution in [0, 0.1) is 0 Å². The van der Waals surface area contributed by atoms with E-state index in [1.54, 1.807) is 103 Å². The van der Waals surface area contributed by atoms with Crippen LogP contribution in [0.1, 0.15) is 119 Å². The van der Waals surface area contributed by atoms with Crippen LogP contribution >= 0.6 is 0 Å². The number of carboxylic acids is 1. The first kappa shape index (κ1) is 54.2. The van der Waals surface area contributed by atoms with Crippen LogP contribution in [0.3, 0.4) is 0 Å². The van der Waals surface area contributed by atoms with Crippen molar-refractivity contribution in [2.45, 2.75) is 88.1 Å². The van der Waals surface area contributed by atoms with E-state index in [1.165, 1.54) is 30.3 Å². The number of fused-ring (bicyclic) bond motifs is 4. The Morgan fingerprint density at radius 2 is 0.897 bits per heavy atom. The molecule has 2 atom stereocenters. The van der Waals surface area contributed by atoms with Crippen molar-refractivity contribution in [2.24, 2.45) is 5.73 Å². The van der Waals surface area contributed by atoms with Crippen LogP contribution in [0.4, 0.5) is 0 Å². The first-order valence-corrected chi connectivity index (χ1v) is 28.1. The highest BCUT2D eigenvalue weighted by Crippen LogP contribution is 2.41. The summed E-state index contributed by atoms with van der Waals surface area (Å²) in [5, 5.41) is 10.8. The zero-order chi connectivity index (χ0) is 55.8. The van der Waals surface area contributed by atoms with Gasteiger partial charge in [0.05, 0.1) is 27.2 Å². The minimum Gasteiger partial charge on any atom is -0.478 e. The summed E-state index contributed by atoms with van der Waals surface area (Å²) in [5.74, 6) is -2.73. The summed E-state index contributed by atoms with van der Waals surface area (Å²) in [5.41, 5.74) is 11.4. The van der Waals surface area contributed by atoms with Gasteiger partial charge in [0.1, 0.15) is 0 Å². The highest BCUT2D eigenvalue weighted by atomic mass is 32.2. The van der Waals surface area contributed by atoms with Gasteiger partial charge in [-0.15, -0.1) is 0 Å². The van der Waals surface area contributed by atoms with Gasteiger partial charge in [-0.1, -0.05) is 76.2 Å². The molecule has 20 heteroatoms. The molecular formula is C58H57N5O13S2. The SMILES string of the molecule is CCn1cc(C(C(=O)NS(=O)(=O)c2ccc(C(C)C)cc2)c2ccc3c(c2)OCO3)c2ccc(C(=O)O)cc21.CCn1cc(C(C(=O)NS(=O)(=O)c2ccc(C(C)C)cc2)c2ccc3c(c2)OCO3)c2ccc(C(N)=O)cc21. The molecule has 0 saturated carbocycles. The molecule has 2 aliphatic rings. The number of hydrogen-bond acceptors (Lipinski definition) is 12. The predicted molar refractivity (Wildman–Crippen MR) is 291 cm³/mol. The number of aryl methyl sites for hydroxylation is 2. The maximum Gasteiger partial charge on any atom is 0.335 e. The van der Waals surface area contributed by atoms with Gasteiger partial charge >= 0.3 is 5.97 Å². The fraction of sp³-hybridized carbons (Fsp3) is 0.241. The number of nitrogens with zero attached hydrogens (tertiary/aromatic N) is 2. The second kappa shape index (κ2) is 21.8. The number of carbonyl (C=O) groups excluding carboxylic acids is 3. The Hall–Kier alpha value is -8.62. The standard InChI is InChI=1S/C29H29N3O6S.C29H28N2O7S/c1-4-32-15-23(22-11-7-20(28(30)33)13-24(22)32)27(19-8-12-25-26(14-19)38-16-37-25)29(34)31-39(35,36)21-9-5-18(6-10-21)17(2)3;1-4-31-15-23(22-11-7-20(29(33)34)13-24(22)31)27(19-8-12-25-26(14-19)38-16-37-25)28(32)30-39(35,36)21-9-5-18(6-10-21)17(2)3/h5-15,17,27H,4,16H2,1-3H3,(H2,30,33)(H,31,34);5-15,17,27H,4,16H2,1-3H3,(H,30,32)(H,33,34). The first-order valence-electron chi connectivity index (χ1n) is 25.1. The summed E-state index contributed by atoms with van der Waals surface area (Å²) in [7, 11) is -8.35.